The first-order chi connectivity index (χ1) is 14.0. The molecule has 0 spiro atoms. The third-order valence-electron chi connectivity index (χ3n) is 5.62. The Bertz CT molecular complexity index is 1120. The normalized spacial score (nSPS) is 13.4. The molecule has 0 bridgehead atoms. The summed E-state index contributed by atoms with van der Waals surface area (Å²) in [5.41, 5.74) is 5.31. The van der Waals surface area contributed by atoms with Crippen molar-refractivity contribution in [2.75, 3.05) is 18.5 Å². The Morgan fingerprint density at radius 1 is 1.24 bits per heavy atom. The predicted molar refractivity (Wildman–Crippen MR) is 115 cm³/mol. The van der Waals surface area contributed by atoms with E-state index in [9.17, 15) is 9.59 Å². The van der Waals surface area contributed by atoms with Crippen LogP contribution in [0.15, 0.2) is 47.5 Å². The van der Waals surface area contributed by atoms with Gasteiger partial charge in [0.05, 0.1) is 17.2 Å². The van der Waals surface area contributed by atoms with Crippen LogP contribution in [0.3, 0.4) is 0 Å². The van der Waals surface area contributed by atoms with Gasteiger partial charge in [-0.2, -0.15) is 0 Å². The van der Waals surface area contributed by atoms with Crippen molar-refractivity contribution in [1.29, 1.82) is 0 Å². The zero-order valence-corrected chi connectivity index (χ0v) is 16.9. The Morgan fingerprint density at radius 2 is 2.10 bits per heavy atom. The van der Waals surface area contributed by atoms with E-state index in [0.717, 1.165) is 36.0 Å². The summed E-state index contributed by atoms with van der Waals surface area (Å²) in [5.74, 6) is -0.0731. The average molecular weight is 390 g/mol. The molecule has 29 heavy (non-hydrogen) atoms. The van der Waals surface area contributed by atoms with E-state index in [0.29, 0.717) is 18.5 Å². The smallest absolute Gasteiger partial charge is 0.261 e. The van der Waals surface area contributed by atoms with Crippen LogP contribution in [-0.4, -0.2) is 29.1 Å². The minimum absolute atomic E-state index is 0.0731. The summed E-state index contributed by atoms with van der Waals surface area (Å²) in [5, 5.41) is 3.55. The SMILES string of the molecule is Cc1cccc2c(=O)n(CCC(=O)NCc3ccc4c(c3)CCCN4C)cnc12. The zero-order valence-electron chi connectivity index (χ0n) is 16.9. The molecule has 2 heterocycles. The van der Waals surface area contributed by atoms with E-state index in [-0.39, 0.29) is 17.9 Å². The summed E-state index contributed by atoms with van der Waals surface area (Å²) in [6, 6.07) is 12.0. The summed E-state index contributed by atoms with van der Waals surface area (Å²) in [7, 11) is 2.12. The second kappa shape index (κ2) is 8.07. The van der Waals surface area contributed by atoms with Gasteiger partial charge in [0.1, 0.15) is 0 Å². The van der Waals surface area contributed by atoms with Gasteiger partial charge in [-0.1, -0.05) is 24.3 Å². The third-order valence-corrected chi connectivity index (χ3v) is 5.62. The van der Waals surface area contributed by atoms with Crippen molar-refractivity contribution in [2.45, 2.75) is 39.3 Å². The number of anilines is 1. The number of carbonyl (C=O) groups is 1. The Labute approximate surface area is 170 Å². The number of hydrogen-bond acceptors (Lipinski definition) is 4. The fourth-order valence-electron chi connectivity index (χ4n) is 3.96. The lowest BCUT2D eigenvalue weighted by molar-refractivity contribution is -0.121. The number of rotatable bonds is 5. The molecule has 0 aliphatic carbocycles. The van der Waals surface area contributed by atoms with Crippen molar-refractivity contribution in [1.82, 2.24) is 14.9 Å². The van der Waals surface area contributed by atoms with Crippen LogP contribution in [-0.2, 0) is 24.3 Å². The van der Waals surface area contributed by atoms with Gasteiger partial charge in [0, 0.05) is 38.8 Å². The van der Waals surface area contributed by atoms with Crippen LogP contribution in [0, 0.1) is 6.92 Å². The first-order valence-electron chi connectivity index (χ1n) is 10.1. The van der Waals surface area contributed by atoms with E-state index in [1.54, 1.807) is 6.07 Å². The highest BCUT2D eigenvalue weighted by Gasteiger charge is 2.14. The molecule has 150 valence electrons. The number of carbonyl (C=O) groups excluding carboxylic acids is 1. The molecule has 2 aromatic carbocycles. The molecule has 0 fully saturated rings. The number of amides is 1. The molecule has 1 amide bonds. The highest BCUT2D eigenvalue weighted by molar-refractivity contribution is 5.80. The van der Waals surface area contributed by atoms with E-state index in [1.807, 2.05) is 19.1 Å². The number of nitrogens with one attached hydrogen (secondary N) is 1. The van der Waals surface area contributed by atoms with E-state index >= 15 is 0 Å². The highest BCUT2D eigenvalue weighted by Crippen LogP contribution is 2.26. The fourth-order valence-corrected chi connectivity index (χ4v) is 3.96. The first-order valence-corrected chi connectivity index (χ1v) is 10.1. The topological polar surface area (TPSA) is 67.2 Å². The maximum Gasteiger partial charge on any atom is 0.261 e. The molecule has 3 aromatic rings. The summed E-state index contributed by atoms with van der Waals surface area (Å²) in [6.45, 7) is 3.84. The maximum atomic E-state index is 12.6. The number of aromatic nitrogens is 2. The van der Waals surface area contributed by atoms with Crippen molar-refractivity contribution in [3.8, 4) is 0 Å². The lowest BCUT2D eigenvalue weighted by Crippen LogP contribution is -2.28. The molecule has 0 radical (unpaired) electrons. The standard InChI is InChI=1S/C23H26N4O2/c1-16-5-3-7-19-22(16)25-15-27(23(19)29)12-10-21(28)24-14-17-8-9-20-18(13-17)6-4-11-26(20)2/h3,5,7-9,13,15H,4,6,10-12,14H2,1-2H3,(H,24,28). The summed E-state index contributed by atoms with van der Waals surface area (Å²) < 4.78 is 1.51. The number of para-hydroxylation sites is 1. The van der Waals surface area contributed by atoms with Crippen molar-refractivity contribution in [3.05, 3.63) is 69.8 Å². The number of aryl methyl sites for hydroxylation is 3. The Hall–Kier alpha value is -3.15. The summed E-state index contributed by atoms with van der Waals surface area (Å²) in [6.07, 6.45) is 4.02. The molecule has 6 nitrogen and oxygen atoms in total. The van der Waals surface area contributed by atoms with Crippen LogP contribution in [0.25, 0.3) is 10.9 Å². The van der Waals surface area contributed by atoms with E-state index in [2.05, 4.69) is 40.4 Å². The summed E-state index contributed by atoms with van der Waals surface area (Å²) in [4.78, 5) is 31.6. The van der Waals surface area contributed by atoms with Crippen LogP contribution in [0.5, 0.6) is 0 Å². The monoisotopic (exact) mass is 390 g/mol. The second-order valence-corrected chi connectivity index (χ2v) is 7.73. The van der Waals surface area contributed by atoms with Crippen molar-refractivity contribution < 1.29 is 4.79 Å². The number of nitrogens with zero attached hydrogens (tertiary/aromatic N) is 3. The van der Waals surface area contributed by atoms with Gasteiger partial charge in [0.15, 0.2) is 0 Å². The van der Waals surface area contributed by atoms with Crippen molar-refractivity contribution >= 4 is 22.5 Å². The van der Waals surface area contributed by atoms with Gasteiger partial charge in [0.25, 0.3) is 5.56 Å². The maximum absolute atomic E-state index is 12.6. The predicted octanol–water partition coefficient (Wildman–Crippen LogP) is 2.79. The van der Waals surface area contributed by atoms with Crippen molar-refractivity contribution in [2.24, 2.45) is 0 Å². The largest absolute Gasteiger partial charge is 0.374 e. The minimum atomic E-state index is -0.106. The molecule has 1 aliphatic heterocycles. The Kier molecular flexibility index (Phi) is 5.34. The van der Waals surface area contributed by atoms with Gasteiger partial charge in [-0.05, 0) is 48.6 Å². The third kappa shape index (κ3) is 4.01. The van der Waals surface area contributed by atoms with Gasteiger partial charge in [-0.3, -0.25) is 14.2 Å². The quantitative estimate of drug-likeness (QED) is 0.727. The minimum Gasteiger partial charge on any atom is -0.374 e. The molecule has 0 atom stereocenters. The molecule has 0 saturated carbocycles. The van der Waals surface area contributed by atoms with E-state index in [4.69, 9.17) is 0 Å². The van der Waals surface area contributed by atoms with E-state index in [1.165, 1.54) is 22.1 Å². The molecule has 1 N–H and O–H groups in total. The zero-order chi connectivity index (χ0) is 20.4. The number of hydrogen-bond donors (Lipinski definition) is 1. The molecular formula is C23H26N4O2. The lowest BCUT2D eigenvalue weighted by atomic mass is 9.99. The van der Waals surface area contributed by atoms with Gasteiger partial charge in [-0.25, -0.2) is 4.98 Å². The fraction of sp³-hybridized carbons (Fsp3) is 0.348. The number of benzene rings is 2. The van der Waals surface area contributed by atoms with Gasteiger partial charge in [-0.15, -0.1) is 0 Å². The Morgan fingerprint density at radius 3 is 2.97 bits per heavy atom. The lowest BCUT2D eigenvalue weighted by Gasteiger charge is -2.27. The van der Waals surface area contributed by atoms with Crippen LogP contribution in [0.4, 0.5) is 5.69 Å². The van der Waals surface area contributed by atoms with Gasteiger partial charge >= 0.3 is 0 Å². The molecule has 6 heteroatoms. The average Bonchev–Trinajstić information content (AvgIpc) is 2.72. The Balaban J connectivity index is 1.37. The molecule has 1 aromatic heterocycles. The molecule has 0 saturated heterocycles. The molecule has 1 aliphatic rings. The highest BCUT2D eigenvalue weighted by atomic mass is 16.1. The van der Waals surface area contributed by atoms with E-state index < -0.39 is 0 Å². The number of fused-ring (bicyclic) bond motifs is 2. The van der Waals surface area contributed by atoms with Crippen LogP contribution >= 0.6 is 0 Å². The van der Waals surface area contributed by atoms with Gasteiger partial charge in [0.2, 0.25) is 5.91 Å². The van der Waals surface area contributed by atoms with Crippen molar-refractivity contribution in [3.63, 3.8) is 0 Å². The van der Waals surface area contributed by atoms with Crippen LogP contribution in [0.1, 0.15) is 29.5 Å². The van der Waals surface area contributed by atoms with Gasteiger partial charge < -0.3 is 10.2 Å². The van der Waals surface area contributed by atoms with Crippen LogP contribution < -0.4 is 15.8 Å². The first kappa shape index (κ1) is 19.2. The van der Waals surface area contributed by atoms with Crippen LogP contribution in [0.2, 0.25) is 0 Å². The summed E-state index contributed by atoms with van der Waals surface area (Å²) >= 11 is 0. The molecular weight excluding hydrogens is 364 g/mol. The second-order valence-electron chi connectivity index (χ2n) is 7.73. The molecule has 4 rings (SSSR count). The molecule has 0 unspecified atom stereocenters.